The molecule has 0 saturated heterocycles. The minimum Gasteiger partial charge on any atom is -0.316 e. The molecule has 4 nitrogen and oxygen atoms in total. The molecule has 0 spiro atoms. The first-order chi connectivity index (χ1) is 9.11. The average Bonchev–Trinajstić information content (AvgIpc) is 2.81. The van der Waals surface area contributed by atoms with Crippen LogP contribution in [0.25, 0.3) is 10.1 Å². The summed E-state index contributed by atoms with van der Waals surface area (Å²) in [6.45, 7) is 3.37. The molecule has 0 saturated carbocycles. The van der Waals surface area contributed by atoms with Gasteiger partial charge in [0.25, 0.3) is 0 Å². The van der Waals surface area contributed by atoms with Gasteiger partial charge in [-0.15, -0.1) is 11.3 Å². The number of fused-ring (bicyclic) bond motifs is 1. The molecular weight excluding hydrogens is 280 g/mol. The zero-order valence-electron chi connectivity index (χ0n) is 10.8. The Morgan fingerprint density at radius 2 is 2.05 bits per heavy atom. The fourth-order valence-corrected chi connectivity index (χ4v) is 3.54. The Kier molecular flexibility index (Phi) is 4.79. The van der Waals surface area contributed by atoms with Crippen LogP contribution >= 0.6 is 11.3 Å². The summed E-state index contributed by atoms with van der Waals surface area (Å²) in [5.41, 5.74) is 0.626. The monoisotopic (exact) mass is 298 g/mol. The van der Waals surface area contributed by atoms with Crippen molar-refractivity contribution in [3.8, 4) is 0 Å². The van der Waals surface area contributed by atoms with Crippen LogP contribution in [0.1, 0.15) is 13.3 Å². The van der Waals surface area contributed by atoms with Gasteiger partial charge in [0.1, 0.15) is 0 Å². The van der Waals surface area contributed by atoms with Gasteiger partial charge in [0, 0.05) is 16.9 Å². The fraction of sp³-hybridized carbons (Fsp3) is 0.385. The van der Waals surface area contributed by atoms with E-state index in [1.54, 1.807) is 17.4 Å². The zero-order chi connectivity index (χ0) is 13.7. The van der Waals surface area contributed by atoms with E-state index in [2.05, 4.69) is 17.0 Å². The van der Waals surface area contributed by atoms with E-state index >= 15 is 0 Å². The van der Waals surface area contributed by atoms with Gasteiger partial charge >= 0.3 is 0 Å². The molecule has 0 radical (unpaired) electrons. The molecule has 0 aliphatic rings. The number of hydrogen-bond acceptors (Lipinski definition) is 4. The van der Waals surface area contributed by atoms with Crippen LogP contribution in [0.4, 0.5) is 5.69 Å². The molecular formula is C13H18N2O2S2. The molecule has 2 aromatic rings. The number of sulfonamides is 1. The van der Waals surface area contributed by atoms with E-state index in [1.165, 1.54) is 0 Å². The van der Waals surface area contributed by atoms with Crippen molar-refractivity contribution in [3.05, 3.63) is 29.6 Å². The van der Waals surface area contributed by atoms with Crippen LogP contribution in [0, 0.1) is 0 Å². The van der Waals surface area contributed by atoms with Gasteiger partial charge in [-0.2, -0.15) is 0 Å². The number of rotatable bonds is 7. The van der Waals surface area contributed by atoms with E-state index in [-0.39, 0.29) is 5.75 Å². The van der Waals surface area contributed by atoms with Crippen molar-refractivity contribution in [2.24, 2.45) is 0 Å². The van der Waals surface area contributed by atoms with Crippen LogP contribution in [0.5, 0.6) is 0 Å². The summed E-state index contributed by atoms with van der Waals surface area (Å²) in [6, 6.07) is 7.59. The van der Waals surface area contributed by atoms with Gasteiger partial charge in [-0.1, -0.05) is 6.92 Å². The molecule has 0 fully saturated rings. The van der Waals surface area contributed by atoms with E-state index in [0.29, 0.717) is 12.2 Å². The summed E-state index contributed by atoms with van der Waals surface area (Å²) in [4.78, 5) is 0. The first-order valence-electron chi connectivity index (χ1n) is 6.29. The fourth-order valence-electron chi connectivity index (χ4n) is 1.77. The largest absolute Gasteiger partial charge is 0.316 e. The lowest BCUT2D eigenvalue weighted by Crippen LogP contribution is -2.27. The third kappa shape index (κ3) is 4.19. The molecule has 1 aromatic carbocycles. The lowest BCUT2D eigenvalue weighted by Gasteiger charge is -2.08. The Bertz CT molecular complexity index is 635. The number of anilines is 1. The standard InChI is InChI=1S/C13H18N2O2S2/c1-2-6-14-7-9-19(16,17)15-12-3-4-13-11(10-12)5-8-18-13/h3-5,8,10,14-15H,2,6-7,9H2,1H3. The first kappa shape index (κ1) is 14.3. The SMILES string of the molecule is CCCNCCS(=O)(=O)Nc1ccc2sccc2c1. The first-order valence-corrected chi connectivity index (χ1v) is 8.82. The number of thiophene rings is 1. The van der Waals surface area contributed by atoms with Crippen molar-refractivity contribution in [3.63, 3.8) is 0 Å². The van der Waals surface area contributed by atoms with Gasteiger partial charge in [0.05, 0.1) is 5.75 Å². The Morgan fingerprint density at radius 1 is 1.21 bits per heavy atom. The molecule has 2 N–H and O–H groups in total. The molecule has 1 aromatic heterocycles. The summed E-state index contributed by atoms with van der Waals surface area (Å²) in [6.07, 6.45) is 1.00. The van der Waals surface area contributed by atoms with Crippen LogP contribution in [-0.2, 0) is 10.0 Å². The molecule has 0 bridgehead atoms. The van der Waals surface area contributed by atoms with E-state index < -0.39 is 10.0 Å². The van der Waals surface area contributed by atoms with Crippen molar-refractivity contribution in [2.75, 3.05) is 23.6 Å². The van der Waals surface area contributed by atoms with Gasteiger partial charge < -0.3 is 5.32 Å². The number of hydrogen-bond donors (Lipinski definition) is 2. The molecule has 0 aliphatic heterocycles. The van der Waals surface area contributed by atoms with Crippen LogP contribution in [0.3, 0.4) is 0 Å². The molecule has 104 valence electrons. The van der Waals surface area contributed by atoms with Crippen molar-refractivity contribution in [1.29, 1.82) is 0 Å². The Balaban J connectivity index is 1.98. The summed E-state index contributed by atoms with van der Waals surface area (Å²) >= 11 is 1.65. The van der Waals surface area contributed by atoms with Crippen LogP contribution < -0.4 is 10.0 Å². The van der Waals surface area contributed by atoms with E-state index in [1.807, 2.05) is 23.6 Å². The minimum atomic E-state index is -3.28. The van der Waals surface area contributed by atoms with Gasteiger partial charge in [0.2, 0.25) is 10.0 Å². The van der Waals surface area contributed by atoms with Gasteiger partial charge in [-0.25, -0.2) is 8.42 Å². The molecule has 19 heavy (non-hydrogen) atoms. The summed E-state index contributed by atoms with van der Waals surface area (Å²) < 4.78 is 27.6. The predicted molar refractivity (Wildman–Crippen MR) is 82.4 cm³/mol. The summed E-state index contributed by atoms with van der Waals surface area (Å²) in [7, 11) is -3.28. The predicted octanol–water partition coefficient (Wildman–Crippen LogP) is 2.64. The number of benzene rings is 1. The molecule has 0 aliphatic carbocycles. The maximum absolute atomic E-state index is 11.9. The second-order valence-electron chi connectivity index (χ2n) is 4.34. The third-order valence-corrected chi connectivity index (χ3v) is 4.89. The lowest BCUT2D eigenvalue weighted by molar-refractivity contribution is 0.595. The van der Waals surface area contributed by atoms with Gasteiger partial charge in [0.15, 0.2) is 0 Å². The van der Waals surface area contributed by atoms with E-state index in [4.69, 9.17) is 0 Å². The van der Waals surface area contributed by atoms with Gasteiger partial charge in [-0.3, -0.25) is 4.72 Å². The average molecular weight is 298 g/mol. The smallest absolute Gasteiger partial charge is 0.233 e. The summed E-state index contributed by atoms with van der Waals surface area (Å²) in [5, 5.41) is 6.15. The maximum atomic E-state index is 11.9. The van der Waals surface area contributed by atoms with E-state index in [0.717, 1.165) is 23.1 Å². The highest BCUT2D eigenvalue weighted by atomic mass is 32.2. The molecule has 0 amide bonds. The highest BCUT2D eigenvalue weighted by molar-refractivity contribution is 7.92. The van der Waals surface area contributed by atoms with Crippen molar-refractivity contribution >= 4 is 37.1 Å². The molecule has 0 unspecified atom stereocenters. The van der Waals surface area contributed by atoms with Gasteiger partial charge in [-0.05, 0) is 48.0 Å². The van der Waals surface area contributed by atoms with Crippen LogP contribution in [0.15, 0.2) is 29.6 Å². The zero-order valence-corrected chi connectivity index (χ0v) is 12.5. The third-order valence-electron chi connectivity index (χ3n) is 2.70. The van der Waals surface area contributed by atoms with Crippen LogP contribution in [-0.4, -0.2) is 27.3 Å². The maximum Gasteiger partial charge on any atom is 0.233 e. The van der Waals surface area contributed by atoms with E-state index in [9.17, 15) is 8.42 Å². The van der Waals surface area contributed by atoms with Crippen molar-refractivity contribution < 1.29 is 8.42 Å². The minimum absolute atomic E-state index is 0.0919. The number of nitrogens with one attached hydrogen (secondary N) is 2. The molecule has 6 heteroatoms. The second kappa shape index (κ2) is 6.36. The molecule has 2 rings (SSSR count). The molecule has 1 heterocycles. The van der Waals surface area contributed by atoms with Crippen molar-refractivity contribution in [2.45, 2.75) is 13.3 Å². The Hall–Kier alpha value is -1.11. The molecule has 0 atom stereocenters. The lowest BCUT2D eigenvalue weighted by atomic mass is 10.2. The van der Waals surface area contributed by atoms with Crippen LogP contribution in [0.2, 0.25) is 0 Å². The summed E-state index contributed by atoms with van der Waals surface area (Å²) in [5.74, 6) is 0.0919. The Labute approximate surface area is 117 Å². The van der Waals surface area contributed by atoms with Crippen molar-refractivity contribution in [1.82, 2.24) is 5.32 Å². The second-order valence-corrected chi connectivity index (χ2v) is 7.13. The highest BCUT2D eigenvalue weighted by Gasteiger charge is 2.10. The highest BCUT2D eigenvalue weighted by Crippen LogP contribution is 2.24. The topological polar surface area (TPSA) is 58.2 Å². The quantitative estimate of drug-likeness (QED) is 0.773. The normalized spacial score (nSPS) is 11.8. The Morgan fingerprint density at radius 3 is 2.84 bits per heavy atom.